The van der Waals surface area contributed by atoms with E-state index in [4.69, 9.17) is 14.6 Å². The summed E-state index contributed by atoms with van der Waals surface area (Å²) in [5.41, 5.74) is 3.71. The van der Waals surface area contributed by atoms with Crippen molar-refractivity contribution in [2.75, 3.05) is 20.2 Å². The second-order valence-corrected chi connectivity index (χ2v) is 6.30. The highest BCUT2D eigenvalue weighted by Crippen LogP contribution is 2.22. The van der Waals surface area contributed by atoms with Gasteiger partial charge in [0.05, 0.1) is 12.8 Å². The van der Waals surface area contributed by atoms with E-state index in [-0.39, 0.29) is 0 Å². The number of hydrogen-bond donors (Lipinski definition) is 1. The first kappa shape index (κ1) is 20.1. The van der Waals surface area contributed by atoms with Gasteiger partial charge < -0.3 is 9.84 Å². The number of halogens is 3. The van der Waals surface area contributed by atoms with Crippen molar-refractivity contribution >= 4 is 17.3 Å². The van der Waals surface area contributed by atoms with E-state index in [9.17, 15) is 13.2 Å². The van der Waals surface area contributed by atoms with Crippen LogP contribution in [0, 0.1) is 0 Å². The highest BCUT2D eigenvalue weighted by atomic mass is 32.1. The van der Waals surface area contributed by atoms with Crippen molar-refractivity contribution < 1.29 is 27.8 Å². The summed E-state index contributed by atoms with van der Waals surface area (Å²) in [7, 11) is 1.68. The molecule has 1 aliphatic rings. The molecule has 0 saturated carbocycles. The summed E-state index contributed by atoms with van der Waals surface area (Å²) in [6.07, 6.45) is -1.55. The summed E-state index contributed by atoms with van der Waals surface area (Å²) >= 11 is 1.76. The Hall–Kier alpha value is -2.20. The molecule has 3 rings (SSSR count). The molecule has 0 aromatic carbocycles. The zero-order valence-electron chi connectivity index (χ0n) is 14.0. The number of carboxylic acids is 1. The van der Waals surface area contributed by atoms with Crippen LogP contribution in [0.1, 0.15) is 16.8 Å². The van der Waals surface area contributed by atoms with Gasteiger partial charge in [-0.25, -0.2) is 14.8 Å². The molecule has 2 aromatic heterocycles. The van der Waals surface area contributed by atoms with Crippen LogP contribution in [0.15, 0.2) is 23.2 Å². The Labute approximate surface area is 152 Å². The van der Waals surface area contributed by atoms with Gasteiger partial charge in [0.1, 0.15) is 6.33 Å². The fraction of sp³-hybridized carbons (Fsp3) is 0.438. The summed E-state index contributed by atoms with van der Waals surface area (Å²) in [5, 5.41) is 11.5. The van der Waals surface area contributed by atoms with Crippen molar-refractivity contribution in [2.24, 2.45) is 0 Å². The van der Waals surface area contributed by atoms with Crippen LogP contribution >= 0.6 is 11.3 Å². The first-order valence-corrected chi connectivity index (χ1v) is 8.65. The molecule has 0 spiro atoms. The van der Waals surface area contributed by atoms with Crippen molar-refractivity contribution in [3.05, 3.63) is 40.0 Å². The molecule has 3 heterocycles. The number of thiophene rings is 1. The maximum atomic E-state index is 10.6. The van der Waals surface area contributed by atoms with Gasteiger partial charge in [0.15, 0.2) is 0 Å². The van der Waals surface area contributed by atoms with Gasteiger partial charge >= 0.3 is 12.1 Å². The van der Waals surface area contributed by atoms with Crippen molar-refractivity contribution in [1.29, 1.82) is 0 Å². The molecular weight excluding hydrogens is 371 g/mol. The van der Waals surface area contributed by atoms with Crippen molar-refractivity contribution in [3.8, 4) is 5.88 Å². The standard InChI is InChI=1S/C14H17N3OS.C2HF3O2/c1-18-14-12-2-5-17(8-11-4-7-19-9-11)6-3-13(12)15-10-16-14;3-2(4,5)1(6)7/h4,7,9-10H,2-3,5-6,8H2,1H3;(H,6,7). The average molecular weight is 389 g/mol. The Morgan fingerprint density at radius 2 is 2.04 bits per heavy atom. The molecular formula is C16H18F3N3O3S. The first-order chi connectivity index (χ1) is 12.3. The molecule has 0 amide bonds. The van der Waals surface area contributed by atoms with Gasteiger partial charge in [0.2, 0.25) is 5.88 Å². The monoisotopic (exact) mass is 389 g/mol. The minimum atomic E-state index is -5.08. The van der Waals surface area contributed by atoms with Crippen LogP contribution in [0.3, 0.4) is 0 Å². The van der Waals surface area contributed by atoms with Crippen LogP contribution in [0.4, 0.5) is 13.2 Å². The number of fused-ring (bicyclic) bond motifs is 1. The Morgan fingerprint density at radius 3 is 2.62 bits per heavy atom. The van der Waals surface area contributed by atoms with Gasteiger partial charge in [0.25, 0.3) is 0 Å². The summed E-state index contributed by atoms with van der Waals surface area (Å²) in [6.45, 7) is 3.10. The van der Waals surface area contributed by atoms with Crippen LogP contribution in [0.2, 0.25) is 0 Å². The van der Waals surface area contributed by atoms with Gasteiger partial charge in [-0.15, -0.1) is 0 Å². The zero-order chi connectivity index (χ0) is 19.2. The number of nitrogens with zero attached hydrogens (tertiary/aromatic N) is 3. The largest absolute Gasteiger partial charge is 0.490 e. The maximum Gasteiger partial charge on any atom is 0.490 e. The molecule has 6 nitrogen and oxygen atoms in total. The zero-order valence-corrected chi connectivity index (χ0v) is 14.8. The highest BCUT2D eigenvalue weighted by molar-refractivity contribution is 7.07. The summed E-state index contributed by atoms with van der Waals surface area (Å²) < 4.78 is 37.1. The number of ether oxygens (including phenoxy) is 1. The van der Waals surface area contributed by atoms with Crippen LogP contribution in [0.5, 0.6) is 5.88 Å². The van der Waals surface area contributed by atoms with Crippen LogP contribution < -0.4 is 4.74 Å². The number of carbonyl (C=O) groups is 1. The molecule has 0 unspecified atom stereocenters. The van der Waals surface area contributed by atoms with Gasteiger partial charge in [-0.2, -0.15) is 24.5 Å². The van der Waals surface area contributed by atoms with E-state index in [1.54, 1.807) is 24.8 Å². The Kier molecular flexibility index (Phi) is 6.92. The SMILES string of the molecule is COc1ncnc2c1CCN(Cc1ccsc1)CC2.O=C(O)C(F)(F)F. The van der Waals surface area contributed by atoms with E-state index in [0.29, 0.717) is 0 Å². The normalized spacial score (nSPS) is 14.6. The first-order valence-electron chi connectivity index (χ1n) is 7.71. The number of rotatable bonds is 3. The fourth-order valence-electron chi connectivity index (χ4n) is 2.52. The summed E-state index contributed by atoms with van der Waals surface area (Å²) in [5.74, 6) is -2.02. The minimum absolute atomic E-state index is 0.738. The number of aromatic nitrogens is 2. The molecule has 0 fully saturated rings. The minimum Gasteiger partial charge on any atom is -0.481 e. The van der Waals surface area contributed by atoms with Gasteiger partial charge in [-0.3, -0.25) is 4.90 Å². The lowest BCUT2D eigenvalue weighted by atomic mass is 10.1. The maximum absolute atomic E-state index is 10.6. The molecule has 142 valence electrons. The Bertz CT molecular complexity index is 723. The van der Waals surface area contributed by atoms with Crippen LogP contribution in [-0.4, -0.2) is 52.3 Å². The molecule has 1 aliphatic heterocycles. The van der Waals surface area contributed by atoms with E-state index in [0.717, 1.165) is 44.0 Å². The number of hydrogen-bond acceptors (Lipinski definition) is 6. The lowest BCUT2D eigenvalue weighted by Crippen LogP contribution is -2.25. The Morgan fingerprint density at radius 1 is 1.35 bits per heavy atom. The average Bonchev–Trinajstić information content (AvgIpc) is 3.01. The molecule has 0 atom stereocenters. The smallest absolute Gasteiger partial charge is 0.481 e. The van der Waals surface area contributed by atoms with Gasteiger partial charge in [-0.1, -0.05) is 0 Å². The number of aliphatic carboxylic acids is 1. The Balaban J connectivity index is 0.000000298. The van der Waals surface area contributed by atoms with E-state index in [2.05, 4.69) is 31.7 Å². The van der Waals surface area contributed by atoms with E-state index < -0.39 is 12.1 Å². The highest BCUT2D eigenvalue weighted by Gasteiger charge is 2.38. The lowest BCUT2D eigenvalue weighted by molar-refractivity contribution is -0.192. The molecule has 0 saturated heterocycles. The number of methoxy groups -OCH3 is 1. The third-order valence-electron chi connectivity index (χ3n) is 3.76. The lowest BCUT2D eigenvalue weighted by Gasteiger charge is -2.18. The number of alkyl halides is 3. The molecule has 0 aliphatic carbocycles. The predicted molar refractivity (Wildman–Crippen MR) is 89.3 cm³/mol. The molecule has 0 bridgehead atoms. The second kappa shape index (κ2) is 8.95. The summed E-state index contributed by atoms with van der Waals surface area (Å²) in [4.78, 5) is 20.0. The third-order valence-corrected chi connectivity index (χ3v) is 4.49. The summed E-state index contributed by atoms with van der Waals surface area (Å²) in [6, 6.07) is 2.20. The van der Waals surface area contributed by atoms with Crippen molar-refractivity contribution in [3.63, 3.8) is 0 Å². The predicted octanol–water partition coefficient (Wildman–Crippen LogP) is 2.78. The second-order valence-electron chi connectivity index (χ2n) is 5.52. The molecule has 10 heteroatoms. The molecule has 2 aromatic rings. The third kappa shape index (κ3) is 5.67. The van der Waals surface area contributed by atoms with Gasteiger partial charge in [0, 0.05) is 31.6 Å². The quantitative estimate of drug-likeness (QED) is 0.870. The van der Waals surface area contributed by atoms with E-state index >= 15 is 0 Å². The number of carboxylic acid groups (broad SMARTS) is 1. The molecule has 1 N–H and O–H groups in total. The van der Waals surface area contributed by atoms with Crippen molar-refractivity contribution in [2.45, 2.75) is 25.6 Å². The van der Waals surface area contributed by atoms with E-state index in [1.807, 2.05) is 0 Å². The molecule has 26 heavy (non-hydrogen) atoms. The van der Waals surface area contributed by atoms with E-state index in [1.165, 1.54) is 11.1 Å². The van der Waals surface area contributed by atoms with Crippen LogP contribution in [-0.2, 0) is 24.2 Å². The fourth-order valence-corrected chi connectivity index (χ4v) is 3.18. The van der Waals surface area contributed by atoms with Crippen LogP contribution in [0.25, 0.3) is 0 Å². The van der Waals surface area contributed by atoms with Crippen molar-refractivity contribution in [1.82, 2.24) is 14.9 Å². The topological polar surface area (TPSA) is 75.6 Å². The molecule has 0 radical (unpaired) electrons. The van der Waals surface area contributed by atoms with Gasteiger partial charge in [-0.05, 0) is 28.8 Å².